The van der Waals surface area contributed by atoms with Crippen molar-refractivity contribution in [2.75, 3.05) is 26.8 Å². The molecule has 0 amide bonds. The molecule has 5 rings (SSSR count). The van der Waals surface area contributed by atoms with Crippen LogP contribution in [0.3, 0.4) is 0 Å². The van der Waals surface area contributed by atoms with Crippen LogP contribution in [0.5, 0.6) is 5.75 Å². The molecule has 4 aromatic carbocycles. The summed E-state index contributed by atoms with van der Waals surface area (Å²) in [6, 6.07) is 32.8. The van der Waals surface area contributed by atoms with Crippen LogP contribution in [0.25, 0.3) is 0 Å². The van der Waals surface area contributed by atoms with Crippen molar-refractivity contribution in [1.82, 2.24) is 4.90 Å². The van der Waals surface area contributed by atoms with Gasteiger partial charge < -0.3 is 14.6 Å². The molecule has 4 aromatic rings. The van der Waals surface area contributed by atoms with Gasteiger partial charge in [0.15, 0.2) is 6.10 Å². The Morgan fingerprint density at radius 1 is 0.848 bits per heavy atom. The van der Waals surface area contributed by atoms with Crippen molar-refractivity contribution in [3.63, 3.8) is 0 Å². The zero-order valence-corrected chi connectivity index (χ0v) is 27.7. The fraction of sp³-hybridized carbons (Fsp3) is 0.390. The zero-order valence-electron chi connectivity index (χ0n) is 27.7. The van der Waals surface area contributed by atoms with Crippen LogP contribution in [0.1, 0.15) is 77.2 Å². The Labute approximate surface area is 275 Å². The first-order valence-electron chi connectivity index (χ1n) is 17.0. The Kier molecular flexibility index (Phi) is 12.0. The van der Waals surface area contributed by atoms with E-state index < -0.39 is 12.1 Å². The number of hydrogen-bond acceptors (Lipinski definition) is 4. The molecule has 0 aromatic heterocycles. The number of ether oxygens (including phenoxy) is 2. The number of aryl methyl sites for hydroxylation is 4. The molecule has 46 heavy (non-hydrogen) atoms. The maximum Gasteiger partial charge on any atom is 0.333 e. The molecule has 5 nitrogen and oxygen atoms in total. The van der Waals surface area contributed by atoms with E-state index in [0.29, 0.717) is 19.6 Å². The molecule has 1 aliphatic rings. The molecule has 242 valence electrons. The van der Waals surface area contributed by atoms with E-state index in [0.717, 1.165) is 50.0 Å². The monoisotopic (exact) mass is 619 g/mol. The first-order chi connectivity index (χ1) is 22.5. The summed E-state index contributed by atoms with van der Waals surface area (Å²) in [5, 5.41) is 9.42. The molecule has 1 aliphatic carbocycles. The van der Waals surface area contributed by atoms with Gasteiger partial charge in [0.1, 0.15) is 12.4 Å². The Balaban J connectivity index is 1.34. The summed E-state index contributed by atoms with van der Waals surface area (Å²) in [5.74, 6) is -0.153. The Hall–Kier alpha value is -3.93. The predicted octanol–water partition coefficient (Wildman–Crippen LogP) is 8.05. The van der Waals surface area contributed by atoms with E-state index in [1.54, 1.807) is 0 Å². The third kappa shape index (κ3) is 8.65. The minimum atomic E-state index is -0.937. The Bertz CT molecular complexity index is 1550. The van der Waals surface area contributed by atoms with E-state index in [9.17, 15) is 9.90 Å². The van der Waals surface area contributed by atoms with E-state index in [1.807, 2.05) is 31.2 Å². The SMILES string of the molecule is CCCCc1ccc2c(c1)C(N(C)CCOc1ccc(CC(OCC)C(=O)O)cc1)c1cccc(CCc3ccccc3)c1CC2. The number of hydrogen-bond donors (Lipinski definition) is 1. The van der Waals surface area contributed by atoms with Crippen LogP contribution in [-0.4, -0.2) is 48.9 Å². The number of nitrogens with zero attached hydrogens (tertiary/aromatic N) is 1. The lowest BCUT2D eigenvalue weighted by Crippen LogP contribution is -2.30. The molecular formula is C41H49NO4. The number of carboxylic acids is 1. The van der Waals surface area contributed by atoms with Gasteiger partial charge in [-0.15, -0.1) is 0 Å². The van der Waals surface area contributed by atoms with Crippen molar-refractivity contribution in [2.24, 2.45) is 0 Å². The number of benzene rings is 4. The van der Waals surface area contributed by atoms with E-state index in [1.165, 1.54) is 51.8 Å². The van der Waals surface area contributed by atoms with E-state index in [4.69, 9.17) is 9.47 Å². The van der Waals surface area contributed by atoms with Crippen molar-refractivity contribution in [3.8, 4) is 5.75 Å². The molecule has 0 saturated heterocycles. The van der Waals surface area contributed by atoms with Gasteiger partial charge in [-0.25, -0.2) is 4.79 Å². The number of fused-ring (bicyclic) bond motifs is 2. The van der Waals surface area contributed by atoms with Crippen LogP contribution in [0, 0.1) is 0 Å². The van der Waals surface area contributed by atoms with Crippen LogP contribution in [0.4, 0.5) is 0 Å². The lowest BCUT2D eigenvalue weighted by atomic mass is 9.88. The van der Waals surface area contributed by atoms with Gasteiger partial charge in [0.05, 0.1) is 6.04 Å². The van der Waals surface area contributed by atoms with Gasteiger partial charge in [0, 0.05) is 19.6 Å². The maximum atomic E-state index is 11.5. The highest BCUT2D eigenvalue weighted by atomic mass is 16.5. The number of carbonyl (C=O) groups is 1. The van der Waals surface area contributed by atoms with Gasteiger partial charge in [-0.2, -0.15) is 0 Å². The quantitative estimate of drug-likeness (QED) is 0.138. The summed E-state index contributed by atoms with van der Waals surface area (Å²) in [6.07, 6.45) is 7.20. The first-order valence-corrected chi connectivity index (χ1v) is 17.0. The topological polar surface area (TPSA) is 59.0 Å². The number of unbranched alkanes of at least 4 members (excludes halogenated alkanes) is 1. The average Bonchev–Trinajstić information content (AvgIpc) is 3.24. The molecule has 1 N–H and O–H groups in total. The van der Waals surface area contributed by atoms with Crippen LogP contribution < -0.4 is 4.74 Å². The van der Waals surface area contributed by atoms with E-state index in [2.05, 4.69) is 85.6 Å². The molecule has 0 bridgehead atoms. The number of rotatable bonds is 16. The van der Waals surface area contributed by atoms with Crippen LogP contribution >= 0.6 is 0 Å². The molecule has 0 aliphatic heterocycles. The van der Waals surface area contributed by atoms with Crippen molar-refractivity contribution in [2.45, 2.75) is 77.4 Å². The minimum Gasteiger partial charge on any atom is -0.492 e. The van der Waals surface area contributed by atoms with Gasteiger partial charge in [0.25, 0.3) is 0 Å². The molecule has 0 saturated carbocycles. The molecule has 0 spiro atoms. The summed E-state index contributed by atoms with van der Waals surface area (Å²) < 4.78 is 11.6. The lowest BCUT2D eigenvalue weighted by molar-refractivity contribution is -0.149. The van der Waals surface area contributed by atoms with Crippen LogP contribution in [-0.2, 0) is 48.1 Å². The van der Waals surface area contributed by atoms with Gasteiger partial charge in [-0.3, -0.25) is 4.90 Å². The highest BCUT2D eigenvalue weighted by Gasteiger charge is 2.28. The second-order valence-corrected chi connectivity index (χ2v) is 12.5. The van der Waals surface area contributed by atoms with E-state index >= 15 is 0 Å². The molecule has 5 heteroatoms. The summed E-state index contributed by atoms with van der Waals surface area (Å²) in [6.45, 7) is 5.76. The van der Waals surface area contributed by atoms with Crippen LogP contribution in [0.15, 0.2) is 91.0 Å². The largest absolute Gasteiger partial charge is 0.492 e. The lowest BCUT2D eigenvalue weighted by Gasteiger charge is -2.31. The molecular weight excluding hydrogens is 570 g/mol. The summed E-state index contributed by atoms with van der Waals surface area (Å²) in [5.41, 5.74) is 11.0. The highest BCUT2D eigenvalue weighted by molar-refractivity contribution is 5.72. The van der Waals surface area contributed by atoms with Crippen LogP contribution in [0.2, 0.25) is 0 Å². The molecule has 0 heterocycles. The summed E-state index contributed by atoms with van der Waals surface area (Å²) >= 11 is 0. The van der Waals surface area contributed by atoms with E-state index in [-0.39, 0.29) is 6.04 Å². The van der Waals surface area contributed by atoms with Crippen molar-refractivity contribution < 1.29 is 19.4 Å². The van der Waals surface area contributed by atoms with Gasteiger partial charge in [0.2, 0.25) is 0 Å². The number of aliphatic carboxylic acids is 1. The van der Waals surface area contributed by atoms with Crippen molar-refractivity contribution in [1.29, 1.82) is 0 Å². The van der Waals surface area contributed by atoms with Gasteiger partial charge in [-0.1, -0.05) is 92.2 Å². The summed E-state index contributed by atoms with van der Waals surface area (Å²) in [7, 11) is 2.23. The molecule has 0 fully saturated rings. The Morgan fingerprint density at radius 2 is 1.63 bits per heavy atom. The average molecular weight is 620 g/mol. The fourth-order valence-corrected chi connectivity index (χ4v) is 6.73. The first kappa shape index (κ1) is 33.4. The number of likely N-dealkylation sites (N-methyl/N-ethyl adjacent to an activating group) is 1. The second-order valence-electron chi connectivity index (χ2n) is 12.5. The third-order valence-electron chi connectivity index (χ3n) is 9.24. The fourth-order valence-electron chi connectivity index (χ4n) is 6.73. The third-order valence-corrected chi connectivity index (χ3v) is 9.24. The predicted molar refractivity (Wildman–Crippen MR) is 186 cm³/mol. The minimum absolute atomic E-state index is 0.156. The van der Waals surface area contributed by atoms with Gasteiger partial charge >= 0.3 is 5.97 Å². The van der Waals surface area contributed by atoms with Gasteiger partial charge in [-0.05, 0) is 109 Å². The second kappa shape index (κ2) is 16.6. The normalized spacial score (nSPS) is 14.7. The summed E-state index contributed by atoms with van der Waals surface area (Å²) in [4.78, 5) is 14.0. The standard InChI is InChI=1S/C41H49NO4/c1-4-6-11-31-17-21-34-22-25-36-33(20-16-30-12-8-7-9-13-30)14-10-15-37(36)40(38(34)28-31)42(3)26-27-46-35-23-18-32(19-24-35)29-39(41(43)44)45-5-2/h7-10,12-15,17-19,21,23-24,28,39-40H,4-6,11,16,20,22,25-27,29H2,1-3H3,(H,43,44). The highest BCUT2D eigenvalue weighted by Crippen LogP contribution is 2.38. The molecule has 2 atom stereocenters. The van der Waals surface area contributed by atoms with Crippen molar-refractivity contribution >= 4 is 5.97 Å². The number of carboxylic acid groups (broad SMARTS) is 1. The molecule has 0 radical (unpaired) electrons. The smallest absolute Gasteiger partial charge is 0.333 e. The van der Waals surface area contributed by atoms with Crippen molar-refractivity contribution in [3.05, 3.63) is 136 Å². The maximum absolute atomic E-state index is 11.5. The zero-order chi connectivity index (χ0) is 32.3. The molecule has 2 unspecified atom stereocenters. The Morgan fingerprint density at radius 3 is 2.37 bits per heavy atom.